The summed E-state index contributed by atoms with van der Waals surface area (Å²) in [6, 6.07) is 8.50. The van der Waals surface area contributed by atoms with Gasteiger partial charge in [-0.15, -0.1) is 0 Å². The number of aryl methyl sites for hydroxylation is 3. The number of benzene rings is 2. The van der Waals surface area contributed by atoms with E-state index in [9.17, 15) is 9.50 Å². The monoisotopic (exact) mass is 274 g/mol. The number of hydrogen-bond donors (Lipinski definition) is 1. The Balaban J connectivity index is 2.49. The molecule has 0 aliphatic carbocycles. The molecular formula is C17H19FO2. The maximum atomic E-state index is 14.1. The lowest BCUT2D eigenvalue weighted by atomic mass is 9.91. The van der Waals surface area contributed by atoms with Crippen molar-refractivity contribution in [3.8, 4) is 5.75 Å². The smallest absolute Gasteiger partial charge is 0.133 e. The number of methoxy groups -OCH3 is 1. The van der Waals surface area contributed by atoms with Gasteiger partial charge in [-0.1, -0.05) is 17.7 Å². The predicted octanol–water partition coefficient (Wildman–Crippen LogP) is 3.84. The highest BCUT2D eigenvalue weighted by Crippen LogP contribution is 2.31. The average molecular weight is 274 g/mol. The highest BCUT2D eigenvalue weighted by Gasteiger charge is 2.19. The van der Waals surface area contributed by atoms with E-state index in [4.69, 9.17) is 4.74 Å². The number of ether oxygens (including phenoxy) is 1. The van der Waals surface area contributed by atoms with Crippen molar-refractivity contribution in [2.75, 3.05) is 7.11 Å². The zero-order valence-corrected chi connectivity index (χ0v) is 12.2. The third-order valence-electron chi connectivity index (χ3n) is 3.51. The van der Waals surface area contributed by atoms with Crippen molar-refractivity contribution >= 4 is 0 Å². The van der Waals surface area contributed by atoms with Gasteiger partial charge in [-0.3, -0.25) is 0 Å². The summed E-state index contributed by atoms with van der Waals surface area (Å²) < 4.78 is 19.1. The fourth-order valence-electron chi connectivity index (χ4n) is 2.63. The first-order valence-electron chi connectivity index (χ1n) is 6.53. The number of rotatable bonds is 3. The van der Waals surface area contributed by atoms with E-state index in [1.165, 1.54) is 13.2 Å². The molecule has 0 spiro atoms. The molecule has 0 amide bonds. The van der Waals surface area contributed by atoms with Gasteiger partial charge in [-0.2, -0.15) is 0 Å². The van der Waals surface area contributed by atoms with Gasteiger partial charge in [-0.05, 0) is 49.6 Å². The van der Waals surface area contributed by atoms with Gasteiger partial charge in [0.15, 0.2) is 0 Å². The van der Waals surface area contributed by atoms with E-state index < -0.39 is 11.9 Å². The zero-order valence-electron chi connectivity index (χ0n) is 12.2. The molecule has 1 atom stereocenters. The van der Waals surface area contributed by atoms with Crippen molar-refractivity contribution in [3.63, 3.8) is 0 Å². The first-order chi connectivity index (χ1) is 9.43. The summed E-state index contributed by atoms with van der Waals surface area (Å²) >= 11 is 0. The molecule has 106 valence electrons. The van der Waals surface area contributed by atoms with Crippen LogP contribution in [-0.4, -0.2) is 12.2 Å². The molecule has 0 aromatic heterocycles. The molecule has 1 unspecified atom stereocenters. The van der Waals surface area contributed by atoms with Crippen LogP contribution in [0.4, 0.5) is 4.39 Å². The standard InChI is InChI=1S/C17H19FO2/c1-10-7-11(2)16(12(3)8-10)17(19)14-6-5-13(20-4)9-15(14)18/h5-9,17,19H,1-4H3. The maximum absolute atomic E-state index is 14.1. The molecule has 0 saturated heterocycles. The van der Waals surface area contributed by atoms with Crippen LogP contribution in [0.15, 0.2) is 30.3 Å². The van der Waals surface area contributed by atoms with Gasteiger partial charge in [0.25, 0.3) is 0 Å². The zero-order chi connectivity index (χ0) is 14.9. The summed E-state index contributed by atoms with van der Waals surface area (Å²) in [5.74, 6) is -0.0213. The van der Waals surface area contributed by atoms with Crippen LogP contribution in [0, 0.1) is 26.6 Å². The summed E-state index contributed by atoms with van der Waals surface area (Å²) in [5.41, 5.74) is 4.09. The van der Waals surface area contributed by atoms with Gasteiger partial charge in [-0.25, -0.2) is 4.39 Å². The molecular weight excluding hydrogens is 255 g/mol. The lowest BCUT2D eigenvalue weighted by Gasteiger charge is -2.18. The highest BCUT2D eigenvalue weighted by molar-refractivity contribution is 5.44. The lowest BCUT2D eigenvalue weighted by Crippen LogP contribution is -2.07. The first-order valence-corrected chi connectivity index (χ1v) is 6.53. The van der Waals surface area contributed by atoms with E-state index >= 15 is 0 Å². The molecule has 0 radical (unpaired) electrons. The van der Waals surface area contributed by atoms with Crippen molar-refractivity contribution in [2.45, 2.75) is 26.9 Å². The van der Waals surface area contributed by atoms with Crippen LogP contribution in [0.25, 0.3) is 0 Å². The van der Waals surface area contributed by atoms with Gasteiger partial charge in [0.05, 0.1) is 7.11 Å². The largest absolute Gasteiger partial charge is 0.497 e. The van der Waals surface area contributed by atoms with E-state index in [0.717, 1.165) is 22.3 Å². The quantitative estimate of drug-likeness (QED) is 0.921. The second-order valence-electron chi connectivity index (χ2n) is 5.10. The molecule has 2 nitrogen and oxygen atoms in total. The topological polar surface area (TPSA) is 29.5 Å². The summed E-state index contributed by atoms with van der Waals surface area (Å²) in [7, 11) is 1.49. The molecule has 0 saturated carbocycles. The Hall–Kier alpha value is -1.87. The third-order valence-corrected chi connectivity index (χ3v) is 3.51. The fraction of sp³-hybridized carbons (Fsp3) is 0.294. The molecule has 0 heterocycles. The highest BCUT2D eigenvalue weighted by atomic mass is 19.1. The Morgan fingerprint density at radius 1 is 1.05 bits per heavy atom. The van der Waals surface area contributed by atoms with E-state index in [1.54, 1.807) is 12.1 Å². The Morgan fingerprint density at radius 2 is 1.65 bits per heavy atom. The van der Waals surface area contributed by atoms with Gasteiger partial charge in [0.2, 0.25) is 0 Å². The van der Waals surface area contributed by atoms with Crippen LogP contribution in [0.5, 0.6) is 5.75 Å². The van der Waals surface area contributed by atoms with Gasteiger partial charge in [0.1, 0.15) is 17.7 Å². The molecule has 3 heteroatoms. The molecule has 1 N–H and O–H groups in total. The summed E-state index contributed by atoms with van der Waals surface area (Å²) in [6.07, 6.45) is -0.971. The average Bonchev–Trinajstić information content (AvgIpc) is 2.37. The Labute approximate surface area is 118 Å². The van der Waals surface area contributed by atoms with Crippen LogP contribution in [0.2, 0.25) is 0 Å². The van der Waals surface area contributed by atoms with Crippen LogP contribution in [-0.2, 0) is 0 Å². The van der Waals surface area contributed by atoms with Crippen LogP contribution in [0.1, 0.15) is 33.9 Å². The minimum Gasteiger partial charge on any atom is -0.497 e. The molecule has 0 bridgehead atoms. The minimum absolute atomic E-state index is 0.265. The normalized spacial score (nSPS) is 12.3. The molecule has 0 aliphatic heterocycles. The molecule has 0 aliphatic rings. The van der Waals surface area contributed by atoms with E-state index in [1.807, 2.05) is 32.9 Å². The number of aliphatic hydroxyl groups excluding tert-OH is 1. The van der Waals surface area contributed by atoms with Crippen LogP contribution >= 0.6 is 0 Å². The lowest BCUT2D eigenvalue weighted by molar-refractivity contribution is 0.213. The van der Waals surface area contributed by atoms with Crippen molar-refractivity contribution in [2.24, 2.45) is 0 Å². The van der Waals surface area contributed by atoms with E-state index in [2.05, 4.69) is 0 Å². The molecule has 2 aromatic rings. The number of aliphatic hydroxyl groups is 1. The second-order valence-corrected chi connectivity index (χ2v) is 5.10. The Bertz CT molecular complexity index is 612. The van der Waals surface area contributed by atoms with Crippen molar-refractivity contribution in [3.05, 3.63) is 64.0 Å². The summed E-state index contributed by atoms with van der Waals surface area (Å²) in [4.78, 5) is 0. The molecule has 2 aromatic carbocycles. The first kappa shape index (κ1) is 14.5. The number of hydrogen-bond acceptors (Lipinski definition) is 2. The van der Waals surface area contributed by atoms with Crippen molar-refractivity contribution in [1.82, 2.24) is 0 Å². The van der Waals surface area contributed by atoms with Gasteiger partial charge < -0.3 is 9.84 Å². The van der Waals surface area contributed by atoms with E-state index in [0.29, 0.717) is 5.75 Å². The van der Waals surface area contributed by atoms with E-state index in [-0.39, 0.29) is 5.56 Å². The van der Waals surface area contributed by atoms with Gasteiger partial charge in [0, 0.05) is 11.6 Å². The molecule has 0 fully saturated rings. The Morgan fingerprint density at radius 3 is 2.15 bits per heavy atom. The predicted molar refractivity (Wildman–Crippen MR) is 77.7 cm³/mol. The fourth-order valence-corrected chi connectivity index (χ4v) is 2.63. The van der Waals surface area contributed by atoms with Crippen LogP contribution in [0.3, 0.4) is 0 Å². The Kier molecular flexibility index (Phi) is 4.09. The number of halogens is 1. The third kappa shape index (κ3) is 2.68. The maximum Gasteiger partial charge on any atom is 0.133 e. The van der Waals surface area contributed by atoms with Gasteiger partial charge >= 0.3 is 0 Å². The van der Waals surface area contributed by atoms with Crippen LogP contribution < -0.4 is 4.74 Å². The molecule has 2 rings (SSSR count). The van der Waals surface area contributed by atoms with Crippen molar-refractivity contribution < 1.29 is 14.2 Å². The van der Waals surface area contributed by atoms with Crippen molar-refractivity contribution in [1.29, 1.82) is 0 Å². The molecule has 20 heavy (non-hydrogen) atoms. The second kappa shape index (κ2) is 5.63. The summed E-state index contributed by atoms with van der Waals surface area (Å²) in [6.45, 7) is 5.87. The minimum atomic E-state index is -0.971. The SMILES string of the molecule is COc1ccc(C(O)c2c(C)cc(C)cc2C)c(F)c1. The summed E-state index contributed by atoms with van der Waals surface area (Å²) in [5, 5.41) is 10.5.